The summed E-state index contributed by atoms with van der Waals surface area (Å²) in [5.41, 5.74) is -1.07. The summed E-state index contributed by atoms with van der Waals surface area (Å²) in [6.07, 6.45) is -4.78. The largest absolute Gasteiger partial charge is 0.457 e. The normalized spacial score (nSPS) is 20.8. The van der Waals surface area contributed by atoms with Crippen LogP contribution in [0.15, 0.2) is 35.2 Å². The maximum atomic E-state index is 14.6. The number of sulfone groups is 1. The molecular weight excluding hydrogens is 383 g/mol. The van der Waals surface area contributed by atoms with Crippen LogP contribution in [0.2, 0.25) is 0 Å². The molecule has 0 fully saturated rings. The molecule has 0 heterocycles. The number of aliphatic hydroxyl groups is 1. The number of fused-ring (bicyclic) bond motifs is 1. The van der Waals surface area contributed by atoms with Crippen molar-refractivity contribution in [3.05, 3.63) is 52.6 Å². The van der Waals surface area contributed by atoms with Gasteiger partial charge in [0.15, 0.2) is 16.0 Å². The second-order valence-corrected chi connectivity index (χ2v) is 8.29. The number of aryl methyl sites for hydroxylation is 1. The van der Waals surface area contributed by atoms with Crippen molar-refractivity contribution in [1.29, 1.82) is 5.26 Å². The molecule has 2 aromatic carbocycles. The third kappa shape index (κ3) is 3.05. The van der Waals surface area contributed by atoms with E-state index in [1.54, 1.807) is 0 Å². The molecule has 0 saturated carbocycles. The molecule has 142 valence electrons. The van der Waals surface area contributed by atoms with Crippen LogP contribution in [0, 0.1) is 18.3 Å². The maximum absolute atomic E-state index is 14.6. The van der Waals surface area contributed by atoms with Gasteiger partial charge in [0.05, 0.1) is 16.5 Å². The summed E-state index contributed by atoms with van der Waals surface area (Å²) in [7, 11) is -4.02. The van der Waals surface area contributed by atoms with Crippen molar-refractivity contribution in [2.24, 2.45) is 0 Å². The van der Waals surface area contributed by atoms with Crippen molar-refractivity contribution in [2.75, 3.05) is 6.26 Å². The molecule has 0 spiro atoms. The van der Waals surface area contributed by atoms with E-state index >= 15 is 0 Å². The molecule has 0 radical (unpaired) electrons. The Hall–Kier alpha value is -2.57. The second-order valence-electron chi connectivity index (χ2n) is 6.30. The van der Waals surface area contributed by atoms with Gasteiger partial charge in [-0.05, 0) is 36.8 Å². The van der Waals surface area contributed by atoms with E-state index in [0.717, 1.165) is 12.3 Å². The first-order valence-electron chi connectivity index (χ1n) is 7.74. The number of alkyl halides is 3. The number of ether oxygens (including phenoxy) is 1. The number of rotatable bonds is 3. The Bertz CT molecular complexity index is 1080. The van der Waals surface area contributed by atoms with E-state index in [9.17, 15) is 26.7 Å². The molecule has 2 atom stereocenters. The summed E-state index contributed by atoms with van der Waals surface area (Å²) in [6.45, 7) is 1.38. The molecule has 3 rings (SSSR count). The number of hydrogen-bond donors (Lipinski definition) is 1. The Labute approximate surface area is 153 Å². The monoisotopic (exact) mass is 397 g/mol. The quantitative estimate of drug-likeness (QED) is 0.852. The van der Waals surface area contributed by atoms with Gasteiger partial charge >= 0.3 is 5.92 Å². The molecule has 0 aliphatic heterocycles. The second kappa shape index (κ2) is 6.25. The number of halogens is 3. The van der Waals surface area contributed by atoms with Gasteiger partial charge in [0.2, 0.25) is 0 Å². The standard InChI is InChI=1S/C18H14F3NO4S/c1-9-6-12(27(2,24)25)13-14(16(19)18(20,21)17(13)23)15(9)26-11-5-3-4-10(7-11)8-22/h3-7,16-17,23H,1-2H3. The van der Waals surface area contributed by atoms with Gasteiger partial charge in [-0.3, -0.25) is 0 Å². The number of benzene rings is 2. The van der Waals surface area contributed by atoms with Crippen LogP contribution in [0.1, 0.15) is 34.5 Å². The fourth-order valence-electron chi connectivity index (χ4n) is 3.05. The van der Waals surface area contributed by atoms with Crippen molar-refractivity contribution in [2.45, 2.75) is 30.0 Å². The number of nitriles is 1. The van der Waals surface area contributed by atoms with Gasteiger partial charge in [0.25, 0.3) is 0 Å². The van der Waals surface area contributed by atoms with Crippen LogP contribution in [0.5, 0.6) is 11.5 Å². The molecular formula is C18H14F3NO4S. The Morgan fingerprint density at radius 2 is 1.93 bits per heavy atom. The van der Waals surface area contributed by atoms with Crippen molar-refractivity contribution in [3.8, 4) is 17.6 Å². The fourth-order valence-corrected chi connectivity index (χ4v) is 4.07. The lowest BCUT2D eigenvalue weighted by atomic mass is 10.0. The van der Waals surface area contributed by atoms with E-state index in [1.807, 2.05) is 6.07 Å². The SMILES string of the molecule is Cc1cc(S(C)(=O)=O)c2c(c1Oc1cccc(C#N)c1)C(F)C(F)(F)C2O. The van der Waals surface area contributed by atoms with Crippen LogP contribution in [0.4, 0.5) is 13.2 Å². The predicted octanol–water partition coefficient (Wildman–Crippen LogP) is 3.76. The number of nitrogens with zero attached hydrogens (tertiary/aromatic N) is 1. The summed E-state index contributed by atoms with van der Waals surface area (Å²) in [5, 5.41) is 18.9. The van der Waals surface area contributed by atoms with Crippen LogP contribution >= 0.6 is 0 Å². The Balaban J connectivity index is 2.27. The lowest BCUT2D eigenvalue weighted by Gasteiger charge is -2.17. The summed E-state index contributed by atoms with van der Waals surface area (Å²) >= 11 is 0. The minimum absolute atomic E-state index is 0.0864. The van der Waals surface area contributed by atoms with E-state index in [2.05, 4.69) is 0 Å². The molecule has 0 bridgehead atoms. The van der Waals surface area contributed by atoms with E-state index in [-0.39, 0.29) is 22.6 Å². The Kier molecular flexibility index (Phi) is 4.44. The van der Waals surface area contributed by atoms with Crippen molar-refractivity contribution in [1.82, 2.24) is 0 Å². The third-order valence-corrected chi connectivity index (χ3v) is 5.45. The van der Waals surface area contributed by atoms with Crippen LogP contribution in [0.3, 0.4) is 0 Å². The van der Waals surface area contributed by atoms with Gasteiger partial charge in [0, 0.05) is 17.4 Å². The first-order valence-corrected chi connectivity index (χ1v) is 9.63. The molecule has 1 N–H and O–H groups in total. The van der Waals surface area contributed by atoms with E-state index < -0.39 is 44.1 Å². The Morgan fingerprint density at radius 1 is 1.26 bits per heavy atom. The molecule has 27 heavy (non-hydrogen) atoms. The highest BCUT2D eigenvalue weighted by Crippen LogP contribution is 2.58. The van der Waals surface area contributed by atoms with Gasteiger partial charge in [-0.15, -0.1) is 0 Å². The van der Waals surface area contributed by atoms with Crippen molar-refractivity contribution < 1.29 is 31.4 Å². The zero-order valence-electron chi connectivity index (χ0n) is 14.2. The van der Waals surface area contributed by atoms with Gasteiger partial charge in [-0.2, -0.15) is 14.0 Å². The highest BCUT2D eigenvalue weighted by atomic mass is 32.2. The van der Waals surface area contributed by atoms with E-state index in [4.69, 9.17) is 10.00 Å². The van der Waals surface area contributed by atoms with Gasteiger partial charge in [0.1, 0.15) is 17.6 Å². The molecule has 2 unspecified atom stereocenters. The summed E-state index contributed by atoms with van der Waals surface area (Å²) < 4.78 is 72.4. The first-order chi connectivity index (χ1) is 12.5. The lowest BCUT2D eigenvalue weighted by molar-refractivity contribution is -0.143. The van der Waals surface area contributed by atoms with E-state index in [0.29, 0.717) is 0 Å². The lowest BCUT2D eigenvalue weighted by Crippen LogP contribution is -2.24. The zero-order valence-corrected chi connectivity index (χ0v) is 15.0. The Morgan fingerprint density at radius 3 is 2.52 bits per heavy atom. The molecule has 0 saturated heterocycles. The molecule has 1 aliphatic rings. The van der Waals surface area contributed by atoms with Crippen LogP contribution in [-0.2, 0) is 9.84 Å². The minimum Gasteiger partial charge on any atom is -0.457 e. The highest BCUT2D eigenvalue weighted by molar-refractivity contribution is 7.90. The molecule has 0 aromatic heterocycles. The molecule has 1 aliphatic carbocycles. The molecule has 5 nitrogen and oxygen atoms in total. The topological polar surface area (TPSA) is 87.4 Å². The average molecular weight is 397 g/mol. The summed E-state index contributed by atoms with van der Waals surface area (Å²) in [5.74, 6) is -4.43. The molecule has 0 amide bonds. The van der Waals surface area contributed by atoms with Crippen LogP contribution < -0.4 is 4.74 Å². The number of hydrogen-bond acceptors (Lipinski definition) is 5. The van der Waals surface area contributed by atoms with E-state index in [1.165, 1.54) is 31.2 Å². The highest BCUT2D eigenvalue weighted by Gasteiger charge is 2.59. The van der Waals surface area contributed by atoms with Gasteiger partial charge in [-0.25, -0.2) is 12.8 Å². The smallest absolute Gasteiger partial charge is 0.312 e. The zero-order chi connectivity index (χ0) is 20.1. The van der Waals surface area contributed by atoms with Gasteiger partial charge in [-0.1, -0.05) is 6.07 Å². The summed E-state index contributed by atoms with van der Waals surface area (Å²) in [4.78, 5) is -0.569. The maximum Gasteiger partial charge on any atom is 0.312 e. The van der Waals surface area contributed by atoms with Crippen LogP contribution in [-0.4, -0.2) is 25.7 Å². The van der Waals surface area contributed by atoms with Crippen molar-refractivity contribution >= 4 is 9.84 Å². The van der Waals surface area contributed by atoms with Gasteiger partial charge < -0.3 is 9.84 Å². The average Bonchev–Trinajstić information content (AvgIpc) is 2.77. The molecule has 9 heteroatoms. The van der Waals surface area contributed by atoms with Crippen molar-refractivity contribution in [3.63, 3.8) is 0 Å². The molecule has 2 aromatic rings. The number of aliphatic hydroxyl groups excluding tert-OH is 1. The fraction of sp³-hybridized carbons (Fsp3) is 0.278. The first kappa shape index (κ1) is 19.2. The third-order valence-electron chi connectivity index (χ3n) is 4.32. The predicted molar refractivity (Wildman–Crippen MR) is 89.3 cm³/mol. The van der Waals surface area contributed by atoms with Crippen LogP contribution in [0.25, 0.3) is 0 Å². The minimum atomic E-state index is -4.21. The summed E-state index contributed by atoms with van der Waals surface area (Å²) in [6, 6.07) is 8.70.